The summed E-state index contributed by atoms with van der Waals surface area (Å²) in [7, 11) is -0.849. The number of rotatable bonds is 9. The summed E-state index contributed by atoms with van der Waals surface area (Å²) in [6, 6.07) is 0. The molecule has 0 aliphatic heterocycles. The van der Waals surface area contributed by atoms with Gasteiger partial charge in [0.25, 0.3) is 0 Å². The molecule has 0 heterocycles. The molecule has 2 heteroatoms. The maximum atomic E-state index is 5.87. The number of ether oxygens (including phenoxy) is 1. The van der Waals surface area contributed by atoms with Gasteiger partial charge < -0.3 is 4.74 Å². The minimum absolute atomic E-state index is 0.375. The van der Waals surface area contributed by atoms with Crippen molar-refractivity contribution in [3.8, 4) is 0 Å². The van der Waals surface area contributed by atoms with Gasteiger partial charge in [-0.2, -0.15) is 0 Å². The molecule has 0 aromatic carbocycles. The van der Waals surface area contributed by atoms with Crippen LogP contribution < -0.4 is 0 Å². The van der Waals surface area contributed by atoms with Gasteiger partial charge in [0, 0.05) is 6.61 Å². The highest BCUT2D eigenvalue weighted by molar-refractivity contribution is 6.65. The largest absolute Gasteiger partial charge is 0.377 e. The first kappa shape index (κ1) is 17.9. The first-order valence-electron chi connectivity index (χ1n) is 7.48. The highest BCUT2D eigenvalue weighted by Gasteiger charge is 2.37. The molecule has 0 spiro atoms. The van der Waals surface area contributed by atoms with E-state index in [9.17, 15) is 0 Å². The molecule has 0 aromatic heterocycles. The third-order valence-corrected chi connectivity index (χ3v) is 9.61. The molecule has 0 radical (unpaired) electrons. The third-order valence-electron chi connectivity index (χ3n) is 4.24. The van der Waals surface area contributed by atoms with Crippen LogP contribution in [-0.2, 0) is 4.74 Å². The molecule has 0 aliphatic carbocycles. The van der Waals surface area contributed by atoms with Crippen LogP contribution in [0.15, 0.2) is 12.2 Å². The van der Waals surface area contributed by atoms with E-state index in [4.69, 9.17) is 4.74 Å². The summed E-state index contributed by atoms with van der Waals surface area (Å²) in [4.78, 5) is 0. The van der Waals surface area contributed by atoms with Gasteiger partial charge in [0.1, 0.15) is 0 Å². The molecule has 0 bridgehead atoms. The van der Waals surface area contributed by atoms with E-state index in [0.717, 1.165) is 23.3 Å². The Morgan fingerprint density at radius 1 is 1.17 bits per heavy atom. The lowest BCUT2D eigenvalue weighted by Gasteiger charge is -2.40. The Hall–Kier alpha value is -0.0831. The molecule has 0 fully saturated rings. The monoisotopic (exact) mass is 270 g/mol. The van der Waals surface area contributed by atoms with Crippen molar-refractivity contribution >= 4 is 8.80 Å². The van der Waals surface area contributed by atoms with Gasteiger partial charge in [-0.1, -0.05) is 77.6 Å². The van der Waals surface area contributed by atoms with Crippen molar-refractivity contribution in [2.75, 3.05) is 13.2 Å². The summed E-state index contributed by atoms with van der Waals surface area (Å²) < 4.78 is 5.87. The second-order valence-electron chi connectivity index (χ2n) is 6.74. The fourth-order valence-corrected chi connectivity index (χ4v) is 8.72. The van der Waals surface area contributed by atoms with E-state index in [0.29, 0.717) is 11.6 Å². The van der Waals surface area contributed by atoms with Crippen LogP contribution in [-0.4, -0.2) is 22.0 Å². The van der Waals surface area contributed by atoms with E-state index < -0.39 is 8.80 Å². The Morgan fingerprint density at radius 2 is 1.61 bits per heavy atom. The molecule has 2 unspecified atom stereocenters. The maximum absolute atomic E-state index is 5.87. The highest BCUT2D eigenvalue weighted by Crippen LogP contribution is 2.43. The lowest BCUT2D eigenvalue weighted by Crippen LogP contribution is -2.38. The quantitative estimate of drug-likeness (QED) is 0.414. The lowest BCUT2D eigenvalue weighted by molar-refractivity contribution is 0.132. The molecule has 108 valence electrons. The fourth-order valence-electron chi connectivity index (χ4n) is 3.19. The fraction of sp³-hybridized carbons (Fsp3) is 0.875. The molecule has 18 heavy (non-hydrogen) atoms. The third kappa shape index (κ3) is 5.70. The average Bonchev–Trinajstić information content (AvgIpc) is 2.27. The first-order chi connectivity index (χ1) is 8.26. The van der Waals surface area contributed by atoms with Crippen LogP contribution in [0.25, 0.3) is 0 Å². The van der Waals surface area contributed by atoms with Crippen LogP contribution in [0.3, 0.4) is 0 Å². The van der Waals surface area contributed by atoms with Crippen LogP contribution in [0, 0.1) is 0 Å². The Bertz CT molecular complexity index is 237. The Balaban J connectivity index is 4.68. The van der Waals surface area contributed by atoms with Gasteiger partial charge in [-0.15, -0.1) is 0 Å². The average molecular weight is 271 g/mol. The summed E-state index contributed by atoms with van der Waals surface area (Å²) in [6.45, 7) is 21.9. The van der Waals surface area contributed by atoms with E-state index in [1.54, 1.807) is 0 Å². The zero-order valence-electron chi connectivity index (χ0n) is 13.7. The van der Waals surface area contributed by atoms with Crippen LogP contribution in [0.2, 0.25) is 16.1 Å². The van der Waals surface area contributed by atoms with Crippen molar-refractivity contribution in [2.24, 2.45) is 0 Å². The van der Waals surface area contributed by atoms with Gasteiger partial charge in [0.15, 0.2) is 0 Å². The van der Waals surface area contributed by atoms with Gasteiger partial charge in [0.2, 0.25) is 0 Å². The standard InChI is InChI=1S/C16H34OSi/c1-9-14(5)18(15(6)10-2)16(7,8)12-17-11-13(3)4/h14-15,18H,3,9-12H2,1-2,4-8H3. The highest BCUT2D eigenvalue weighted by atomic mass is 28.3. The molecule has 0 amide bonds. The summed E-state index contributed by atoms with van der Waals surface area (Å²) in [5.74, 6) is 0. The minimum Gasteiger partial charge on any atom is -0.377 e. The van der Waals surface area contributed by atoms with Crippen molar-refractivity contribution in [3.05, 3.63) is 12.2 Å². The molecular weight excluding hydrogens is 236 g/mol. The Kier molecular flexibility index (Phi) is 8.12. The first-order valence-corrected chi connectivity index (χ1v) is 9.39. The lowest BCUT2D eigenvalue weighted by atomic mass is 10.2. The van der Waals surface area contributed by atoms with Crippen LogP contribution in [0.1, 0.15) is 61.3 Å². The normalized spacial score (nSPS) is 17.3. The molecule has 1 nitrogen and oxygen atoms in total. The molecule has 0 aliphatic rings. The van der Waals surface area contributed by atoms with E-state index in [-0.39, 0.29) is 0 Å². The second kappa shape index (κ2) is 8.16. The van der Waals surface area contributed by atoms with E-state index in [2.05, 4.69) is 48.1 Å². The molecule has 2 atom stereocenters. The van der Waals surface area contributed by atoms with Gasteiger partial charge in [-0.3, -0.25) is 0 Å². The molecule has 0 saturated heterocycles. The van der Waals surface area contributed by atoms with Crippen molar-refractivity contribution in [1.29, 1.82) is 0 Å². The smallest absolute Gasteiger partial charge is 0.0671 e. The zero-order chi connectivity index (χ0) is 14.3. The summed E-state index contributed by atoms with van der Waals surface area (Å²) in [5, 5.41) is 0.375. The molecule has 0 aromatic rings. The van der Waals surface area contributed by atoms with E-state index in [1.807, 2.05) is 6.92 Å². The summed E-state index contributed by atoms with van der Waals surface area (Å²) >= 11 is 0. The van der Waals surface area contributed by atoms with Crippen molar-refractivity contribution in [3.63, 3.8) is 0 Å². The molecular formula is C16H34OSi. The van der Waals surface area contributed by atoms with Crippen LogP contribution in [0.5, 0.6) is 0 Å². The maximum Gasteiger partial charge on any atom is 0.0671 e. The van der Waals surface area contributed by atoms with E-state index >= 15 is 0 Å². The van der Waals surface area contributed by atoms with Crippen molar-refractivity contribution in [2.45, 2.75) is 77.4 Å². The molecule has 0 saturated carbocycles. The minimum atomic E-state index is -0.849. The Morgan fingerprint density at radius 3 is 1.94 bits per heavy atom. The van der Waals surface area contributed by atoms with Crippen molar-refractivity contribution in [1.82, 2.24) is 0 Å². The summed E-state index contributed by atoms with van der Waals surface area (Å²) in [5.41, 5.74) is 2.91. The van der Waals surface area contributed by atoms with Crippen LogP contribution in [0.4, 0.5) is 0 Å². The Labute approximate surface area is 117 Å². The molecule has 0 rings (SSSR count). The number of hydrogen-bond acceptors (Lipinski definition) is 1. The zero-order valence-corrected chi connectivity index (χ0v) is 14.8. The van der Waals surface area contributed by atoms with Crippen molar-refractivity contribution < 1.29 is 4.74 Å². The predicted molar refractivity (Wildman–Crippen MR) is 86.3 cm³/mol. The second-order valence-corrected chi connectivity index (χ2v) is 11.6. The van der Waals surface area contributed by atoms with Crippen LogP contribution >= 0.6 is 0 Å². The SMILES string of the molecule is C=C(C)COCC(C)(C)[SiH](C(C)CC)C(C)CC. The molecule has 0 N–H and O–H groups in total. The van der Waals surface area contributed by atoms with Gasteiger partial charge in [-0.05, 0) is 12.0 Å². The van der Waals surface area contributed by atoms with Gasteiger partial charge >= 0.3 is 0 Å². The van der Waals surface area contributed by atoms with E-state index in [1.165, 1.54) is 12.8 Å². The predicted octanol–water partition coefficient (Wildman–Crippen LogP) is 5.19. The summed E-state index contributed by atoms with van der Waals surface area (Å²) in [6.07, 6.45) is 2.62. The topological polar surface area (TPSA) is 9.23 Å². The van der Waals surface area contributed by atoms with Gasteiger partial charge in [0.05, 0.1) is 15.4 Å². The number of hydrogen-bond donors (Lipinski definition) is 0. The van der Waals surface area contributed by atoms with Gasteiger partial charge in [-0.25, -0.2) is 0 Å².